The molecule has 1 amide bonds. The standard InChI is InChI=1S/C23H28ClN3O5S2/c24-20-5-9-22(10-6-20)34(31,32)27-15-11-19(12-16-27)23(28)25-17-18-3-7-21(8-4-18)33(29,30)26-13-1-2-14-26/h3-10,19H,1-2,11-17H2,(H,25,28). The predicted molar refractivity (Wildman–Crippen MR) is 129 cm³/mol. The molecule has 11 heteroatoms. The minimum absolute atomic E-state index is 0.127. The highest BCUT2D eigenvalue weighted by Gasteiger charge is 2.32. The zero-order valence-electron chi connectivity index (χ0n) is 18.7. The Hall–Kier alpha value is -1.98. The van der Waals surface area contributed by atoms with Gasteiger partial charge in [-0.3, -0.25) is 4.79 Å². The van der Waals surface area contributed by atoms with Crippen molar-refractivity contribution < 1.29 is 21.6 Å². The zero-order valence-corrected chi connectivity index (χ0v) is 21.1. The van der Waals surface area contributed by atoms with Crippen LogP contribution >= 0.6 is 11.6 Å². The molecular weight excluding hydrogens is 498 g/mol. The summed E-state index contributed by atoms with van der Waals surface area (Å²) in [7, 11) is -7.07. The van der Waals surface area contributed by atoms with Crippen molar-refractivity contribution in [2.24, 2.45) is 5.92 Å². The first kappa shape index (κ1) is 25.1. The summed E-state index contributed by atoms with van der Waals surface area (Å²) >= 11 is 5.85. The number of piperidine rings is 1. The Morgan fingerprint density at radius 1 is 0.794 bits per heavy atom. The second kappa shape index (κ2) is 10.3. The molecule has 0 saturated carbocycles. The zero-order chi connectivity index (χ0) is 24.3. The molecule has 0 radical (unpaired) electrons. The maximum Gasteiger partial charge on any atom is 0.243 e. The maximum absolute atomic E-state index is 12.8. The number of amides is 1. The summed E-state index contributed by atoms with van der Waals surface area (Å²) in [6.45, 7) is 1.93. The van der Waals surface area contributed by atoms with Crippen molar-refractivity contribution in [3.63, 3.8) is 0 Å². The summed E-state index contributed by atoms with van der Waals surface area (Å²) < 4.78 is 53.8. The molecule has 2 saturated heterocycles. The first-order valence-corrected chi connectivity index (χ1v) is 14.6. The summed E-state index contributed by atoms with van der Waals surface area (Å²) in [5.74, 6) is -0.399. The van der Waals surface area contributed by atoms with Gasteiger partial charge < -0.3 is 5.32 Å². The number of carbonyl (C=O) groups excluding carboxylic acids is 1. The van der Waals surface area contributed by atoms with Gasteiger partial charge in [-0.15, -0.1) is 0 Å². The van der Waals surface area contributed by atoms with Gasteiger partial charge in [0.2, 0.25) is 26.0 Å². The molecule has 0 atom stereocenters. The van der Waals surface area contributed by atoms with Crippen LogP contribution in [-0.2, 0) is 31.4 Å². The van der Waals surface area contributed by atoms with Crippen LogP contribution in [0.1, 0.15) is 31.2 Å². The molecule has 2 aliphatic heterocycles. The molecule has 4 rings (SSSR count). The van der Waals surface area contributed by atoms with E-state index in [0.717, 1.165) is 18.4 Å². The molecule has 2 aromatic carbocycles. The van der Waals surface area contributed by atoms with E-state index in [-0.39, 0.29) is 41.3 Å². The summed E-state index contributed by atoms with van der Waals surface area (Å²) in [6, 6.07) is 12.6. The number of halogens is 1. The van der Waals surface area contributed by atoms with Crippen LogP contribution in [0.4, 0.5) is 0 Å². The number of sulfonamides is 2. The molecule has 0 unspecified atom stereocenters. The van der Waals surface area contributed by atoms with Crippen molar-refractivity contribution in [1.82, 2.24) is 13.9 Å². The van der Waals surface area contributed by atoms with Crippen LogP contribution in [0.2, 0.25) is 5.02 Å². The van der Waals surface area contributed by atoms with Gasteiger partial charge in [0, 0.05) is 43.7 Å². The van der Waals surface area contributed by atoms with Gasteiger partial charge in [0.25, 0.3) is 0 Å². The van der Waals surface area contributed by atoms with Crippen molar-refractivity contribution in [2.45, 2.75) is 42.0 Å². The molecule has 0 aliphatic carbocycles. The lowest BCUT2D eigenvalue weighted by molar-refractivity contribution is -0.126. The Balaban J connectivity index is 1.28. The monoisotopic (exact) mass is 525 g/mol. The van der Waals surface area contributed by atoms with E-state index < -0.39 is 20.0 Å². The minimum atomic E-state index is -3.62. The highest BCUT2D eigenvalue weighted by atomic mass is 35.5. The Labute approximate surface area is 206 Å². The second-order valence-electron chi connectivity index (χ2n) is 8.61. The largest absolute Gasteiger partial charge is 0.352 e. The van der Waals surface area contributed by atoms with Crippen LogP contribution in [0.25, 0.3) is 0 Å². The van der Waals surface area contributed by atoms with Crippen molar-refractivity contribution in [1.29, 1.82) is 0 Å². The predicted octanol–water partition coefficient (Wildman–Crippen LogP) is 2.84. The lowest BCUT2D eigenvalue weighted by Crippen LogP contribution is -2.42. The van der Waals surface area contributed by atoms with Gasteiger partial charge >= 0.3 is 0 Å². The van der Waals surface area contributed by atoms with Crippen molar-refractivity contribution in [2.75, 3.05) is 26.2 Å². The first-order valence-electron chi connectivity index (χ1n) is 11.3. The topological polar surface area (TPSA) is 104 Å². The lowest BCUT2D eigenvalue weighted by Gasteiger charge is -2.30. The normalized spacial score (nSPS) is 18.7. The fourth-order valence-corrected chi connectivity index (χ4v) is 7.42. The minimum Gasteiger partial charge on any atom is -0.352 e. The Morgan fingerprint density at radius 2 is 1.26 bits per heavy atom. The molecular formula is C23H28ClN3O5S2. The summed E-state index contributed by atoms with van der Waals surface area (Å²) in [6.07, 6.45) is 2.64. The number of nitrogens with zero attached hydrogens (tertiary/aromatic N) is 2. The van der Waals surface area contributed by atoms with Gasteiger partial charge in [0.05, 0.1) is 9.79 Å². The third-order valence-electron chi connectivity index (χ3n) is 6.37. The molecule has 2 heterocycles. The number of rotatable bonds is 7. The van der Waals surface area contributed by atoms with Crippen LogP contribution in [0, 0.1) is 5.92 Å². The average molecular weight is 526 g/mol. The Bertz CT molecular complexity index is 1220. The van der Waals surface area contributed by atoms with E-state index in [9.17, 15) is 21.6 Å². The second-order valence-corrected chi connectivity index (χ2v) is 12.9. The fraction of sp³-hybridized carbons (Fsp3) is 0.435. The summed E-state index contributed by atoms with van der Waals surface area (Å²) in [5, 5.41) is 3.36. The van der Waals surface area contributed by atoms with E-state index in [2.05, 4.69) is 5.32 Å². The van der Waals surface area contributed by atoms with E-state index in [4.69, 9.17) is 11.6 Å². The molecule has 8 nitrogen and oxygen atoms in total. The van der Waals surface area contributed by atoms with Gasteiger partial charge in [-0.05, 0) is 67.6 Å². The Morgan fingerprint density at radius 3 is 1.79 bits per heavy atom. The van der Waals surface area contributed by atoms with E-state index >= 15 is 0 Å². The average Bonchev–Trinajstić information content (AvgIpc) is 3.39. The van der Waals surface area contributed by atoms with Crippen LogP contribution in [0.5, 0.6) is 0 Å². The Kier molecular flexibility index (Phi) is 7.63. The number of benzene rings is 2. The van der Waals surface area contributed by atoms with Crippen LogP contribution < -0.4 is 5.32 Å². The van der Waals surface area contributed by atoms with E-state index in [0.29, 0.717) is 31.0 Å². The molecule has 2 aromatic rings. The molecule has 0 spiro atoms. The molecule has 2 aliphatic rings. The van der Waals surface area contributed by atoms with Gasteiger partial charge in [-0.25, -0.2) is 16.8 Å². The van der Waals surface area contributed by atoms with Crippen LogP contribution in [-0.4, -0.2) is 57.5 Å². The number of hydrogen-bond acceptors (Lipinski definition) is 5. The molecule has 0 bridgehead atoms. The molecule has 184 valence electrons. The van der Waals surface area contributed by atoms with Crippen molar-refractivity contribution >= 4 is 37.6 Å². The van der Waals surface area contributed by atoms with Gasteiger partial charge in [0.1, 0.15) is 0 Å². The first-order chi connectivity index (χ1) is 16.2. The SMILES string of the molecule is O=C(NCc1ccc(S(=O)(=O)N2CCCC2)cc1)C1CCN(S(=O)(=O)c2ccc(Cl)cc2)CC1. The van der Waals surface area contributed by atoms with Crippen molar-refractivity contribution in [3.8, 4) is 0 Å². The van der Waals surface area contributed by atoms with Crippen LogP contribution in [0.3, 0.4) is 0 Å². The lowest BCUT2D eigenvalue weighted by atomic mass is 9.97. The number of carbonyl (C=O) groups is 1. The molecule has 34 heavy (non-hydrogen) atoms. The molecule has 0 aromatic heterocycles. The van der Waals surface area contributed by atoms with Gasteiger partial charge in [0.15, 0.2) is 0 Å². The highest BCUT2D eigenvalue weighted by Crippen LogP contribution is 2.25. The maximum atomic E-state index is 12.8. The van der Waals surface area contributed by atoms with Gasteiger partial charge in [-0.2, -0.15) is 8.61 Å². The highest BCUT2D eigenvalue weighted by molar-refractivity contribution is 7.89. The van der Waals surface area contributed by atoms with Gasteiger partial charge in [-0.1, -0.05) is 23.7 Å². The third kappa shape index (κ3) is 5.46. The third-order valence-corrected chi connectivity index (χ3v) is 10.4. The quantitative estimate of drug-likeness (QED) is 0.598. The summed E-state index contributed by atoms with van der Waals surface area (Å²) in [5.41, 5.74) is 0.802. The van der Waals surface area contributed by atoms with E-state index in [1.165, 1.54) is 20.7 Å². The van der Waals surface area contributed by atoms with E-state index in [1.807, 2.05) is 0 Å². The number of hydrogen-bond donors (Lipinski definition) is 1. The van der Waals surface area contributed by atoms with Crippen LogP contribution in [0.15, 0.2) is 58.3 Å². The molecule has 2 fully saturated rings. The molecule has 1 N–H and O–H groups in total. The van der Waals surface area contributed by atoms with E-state index in [1.54, 1.807) is 36.4 Å². The summed E-state index contributed by atoms with van der Waals surface area (Å²) in [4.78, 5) is 13.1. The fourth-order valence-electron chi connectivity index (χ4n) is 4.30. The van der Waals surface area contributed by atoms with Crippen molar-refractivity contribution in [3.05, 3.63) is 59.1 Å². The number of nitrogens with one attached hydrogen (secondary N) is 1. The smallest absolute Gasteiger partial charge is 0.243 e.